The first-order valence-corrected chi connectivity index (χ1v) is 7.81. The van der Waals surface area contributed by atoms with E-state index in [-0.39, 0.29) is 24.2 Å². The third kappa shape index (κ3) is 4.89. The van der Waals surface area contributed by atoms with Crippen molar-refractivity contribution in [2.45, 2.75) is 39.2 Å². The molecule has 0 aliphatic carbocycles. The third-order valence-electron chi connectivity index (χ3n) is 3.66. The van der Waals surface area contributed by atoms with Gasteiger partial charge < -0.3 is 14.9 Å². The van der Waals surface area contributed by atoms with Gasteiger partial charge in [-0.05, 0) is 5.92 Å². The Balaban J connectivity index is 1.88. The maximum atomic E-state index is 11.8. The summed E-state index contributed by atoms with van der Waals surface area (Å²) in [6.07, 6.45) is -0.526. The number of hydrogen-bond acceptors (Lipinski definition) is 5. The molecule has 6 nitrogen and oxygen atoms in total. The number of amides is 1. The van der Waals surface area contributed by atoms with Gasteiger partial charge in [0.1, 0.15) is 0 Å². The second-order valence-corrected chi connectivity index (χ2v) is 6.04. The van der Waals surface area contributed by atoms with Crippen LogP contribution in [0.15, 0.2) is 34.9 Å². The van der Waals surface area contributed by atoms with Crippen molar-refractivity contribution in [2.75, 3.05) is 6.54 Å². The van der Waals surface area contributed by atoms with Gasteiger partial charge in [-0.2, -0.15) is 4.98 Å². The van der Waals surface area contributed by atoms with Gasteiger partial charge in [-0.15, -0.1) is 0 Å². The lowest BCUT2D eigenvalue weighted by Crippen LogP contribution is -2.32. The molecule has 0 radical (unpaired) electrons. The summed E-state index contributed by atoms with van der Waals surface area (Å²) >= 11 is 0. The Morgan fingerprint density at radius 1 is 1.26 bits per heavy atom. The first-order valence-electron chi connectivity index (χ1n) is 7.81. The number of aliphatic hydroxyl groups excluding tert-OH is 1. The van der Waals surface area contributed by atoms with E-state index >= 15 is 0 Å². The lowest BCUT2D eigenvalue weighted by atomic mass is 10.0. The molecule has 2 aromatic rings. The van der Waals surface area contributed by atoms with E-state index in [9.17, 15) is 9.90 Å². The summed E-state index contributed by atoms with van der Waals surface area (Å²) in [5.41, 5.74) is 0.888. The zero-order valence-corrected chi connectivity index (χ0v) is 13.7. The summed E-state index contributed by atoms with van der Waals surface area (Å²) < 4.78 is 5.27. The van der Waals surface area contributed by atoms with Gasteiger partial charge in [0, 0.05) is 12.1 Å². The molecule has 2 atom stereocenters. The molecule has 1 heterocycles. The Bertz CT molecular complexity index is 625. The molecule has 0 bridgehead atoms. The standard InChI is InChI=1S/C17H23N3O3/c1-11(2)14(21)9-15(22)18-10-12(3)17-19-16(20-23-17)13-7-5-4-6-8-13/h4-8,11-12,14,21H,9-10H2,1-3H3,(H,18,22). The van der Waals surface area contributed by atoms with Crippen molar-refractivity contribution in [3.8, 4) is 11.4 Å². The number of aromatic nitrogens is 2. The van der Waals surface area contributed by atoms with Crippen molar-refractivity contribution >= 4 is 5.91 Å². The minimum absolute atomic E-state index is 0.0579. The van der Waals surface area contributed by atoms with E-state index in [0.717, 1.165) is 5.56 Å². The van der Waals surface area contributed by atoms with Crippen molar-refractivity contribution in [1.82, 2.24) is 15.5 Å². The van der Waals surface area contributed by atoms with Crippen molar-refractivity contribution in [3.63, 3.8) is 0 Å². The number of rotatable bonds is 7. The largest absolute Gasteiger partial charge is 0.392 e. The van der Waals surface area contributed by atoms with Crippen LogP contribution >= 0.6 is 0 Å². The Morgan fingerprint density at radius 2 is 1.96 bits per heavy atom. The summed E-state index contributed by atoms with van der Waals surface area (Å²) in [5, 5.41) is 16.5. The van der Waals surface area contributed by atoms with Gasteiger partial charge in [0.25, 0.3) is 0 Å². The fourth-order valence-electron chi connectivity index (χ4n) is 1.99. The highest BCUT2D eigenvalue weighted by Crippen LogP contribution is 2.19. The molecule has 1 amide bonds. The zero-order chi connectivity index (χ0) is 16.8. The van der Waals surface area contributed by atoms with Crippen LogP contribution in [-0.4, -0.2) is 33.8 Å². The third-order valence-corrected chi connectivity index (χ3v) is 3.66. The van der Waals surface area contributed by atoms with Gasteiger partial charge in [0.2, 0.25) is 17.6 Å². The first-order chi connectivity index (χ1) is 11.0. The minimum Gasteiger partial charge on any atom is -0.392 e. The normalized spacial score (nSPS) is 13.8. The van der Waals surface area contributed by atoms with Gasteiger partial charge in [0.05, 0.1) is 18.4 Å². The molecule has 0 aliphatic rings. The number of carbonyl (C=O) groups is 1. The topological polar surface area (TPSA) is 88.2 Å². The first kappa shape index (κ1) is 17.1. The van der Waals surface area contributed by atoms with Crippen molar-refractivity contribution in [3.05, 3.63) is 36.2 Å². The number of nitrogens with one attached hydrogen (secondary N) is 1. The predicted octanol–water partition coefficient (Wildman–Crippen LogP) is 2.36. The fraction of sp³-hybridized carbons (Fsp3) is 0.471. The second-order valence-electron chi connectivity index (χ2n) is 6.04. The van der Waals surface area contributed by atoms with Gasteiger partial charge in [-0.3, -0.25) is 4.79 Å². The predicted molar refractivity (Wildman–Crippen MR) is 86.6 cm³/mol. The molecule has 124 valence electrons. The molecule has 6 heteroatoms. The second kappa shape index (κ2) is 7.87. The monoisotopic (exact) mass is 317 g/mol. The highest BCUT2D eigenvalue weighted by molar-refractivity contribution is 5.76. The summed E-state index contributed by atoms with van der Waals surface area (Å²) in [7, 11) is 0. The Kier molecular flexibility index (Phi) is 5.87. The van der Waals surface area contributed by atoms with Crippen LogP contribution in [-0.2, 0) is 4.79 Å². The highest BCUT2D eigenvalue weighted by Gasteiger charge is 2.18. The molecule has 1 aromatic heterocycles. The Labute approximate surface area is 135 Å². The van der Waals surface area contributed by atoms with Crippen LogP contribution in [0.1, 0.15) is 39.0 Å². The average molecular weight is 317 g/mol. The van der Waals surface area contributed by atoms with Crippen LogP contribution < -0.4 is 5.32 Å². The highest BCUT2D eigenvalue weighted by atomic mass is 16.5. The number of hydrogen-bond donors (Lipinski definition) is 2. The maximum absolute atomic E-state index is 11.8. The SMILES string of the molecule is CC(CNC(=O)CC(O)C(C)C)c1nc(-c2ccccc2)no1. The lowest BCUT2D eigenvalue weighted by molar-refractivity contribution is -0.123. The molecular weight excluding hydrogens is 294 g/mol. The van der Waals surface area contributed by atoms with Gasteiger partial charge >= 0.3 is 0 Å². The summed E-state index contributed by atoms with van der Waals surface area (Å²) in [4.78, 5) is 16.2. The van der Waals surface area contributed by atoms with Crippen LogP contribution in [0.5, 0.6) is 0 Å². The molecule has 2 N–H and O–H groups in total. The number of carbonyl (C=O) groups excluding carboxylic acids is 1. The van der Waals surface area contributed by atoms with Crippen LogP contribution in [0.25, 0.3) is 11.4 Å². The van der Waals surface area contributed by atoms with Gasteiger partial charge in [0.15, 0.2) is 0 Å². The van der Waals surface area contributed by atoms with Crippen molar-refractivity contribution in [1.29, 1.82) is 0 Å². The van der Waals surface area contributed by atoms with Crippen LogP contribution in [0.2, 0.25) is 0 Å². The quantitative estimate of drug-likeness (QED) is 0.818. The molecule has 2 unspecified atom stereocenters. The van der Waals surface area contributed by atoms with Gasteiger partial charge in [-0.1, -0.05) is 56.3 Å². The fourth-order valence-corrected chi connectivity index (χ4v) is 1.99. The number of aliphatic hydroxyl groups is 1. The smallest absolute Gasteiger partial charge is 0.231 e. The van der Waals surface area contributed by atoms with Crippen LogP contribution in [0, 0.1) is 5.92 Å². The van der Waals surface area contributed by atoms with Crippen LogP contribution in [0.4, 0.5) is 0 Å². The molecule has 0 spiro atoms. The summed E-state index contributed by atoms with van der Waals surface area (Å²) in [6, 6.07) is 9.57. The molecule has 0 fully saturated rings. The van der Waals surface area contributed by atoms with E-state index in [4.69, 9.17) is 4.52 Å². The molecule has 0 saturated carbocycles. The number of benzene rings is 1. The van der Waals surface area contributed by atoms with E-state index in [1.165, 1.54) is 0 Å². The Morgan fingerprint density at radius 3 is 2.61 bits per heavy atom. The summed E-state index contributed by atoms with van der Waals surface area (Å²) in [6.45, 7) is 6.05. The number of nitrogens with zero attached hydrogens (tertiary/aromatic N) is 2. The molecular formula is C17H23N3O3. The summed E-state index contributed by atoms with van der Waals surface area (Å²) in [5.74, 6) is 0.797. The van der Waals surface area contributed by atoms with E-state index in [2.05, 4.69) is 15.5 Å². The van der Waals surface area contributed by atoms with Gasteiger partial charge in [-0.25, -0.2) is 0 Å². The van der Waals surface area contributed by atoms with Crippen molar-refractivity contribution in [2.24, 2.45) is 5.92 Å². The molecule has 0 aliphatic heterocycles. The van der Waals surface area contributed by atoms with E-state index in [1.54, 1.807) is 0 Å². The average Bonchev–Trinajstić information content (AvgIpc) is 3.03. The van der Waals surface area contributed by atoms with E-state index in [1.807, 2.05) is 51.1 Å². The Hall–Kier alpha value is -2.21. The zero-order valence-electron chi connectivity index (χ0n) is 13.7. The van der Waals surface area contributed by atoms with E-state index in [0.29, 0.717) is 18.3 Å². The minimum atomic E-state index is -0.626. The molecule has 0 saturated heterocycles. The van der Waals surface area contributed by atoms with E-state index < -0.39 is 6.10 Å². The van der Waals surface area contributed by atoms with Crippen LogP contribution in [0.3, 0.4) is 0 Å². The molecule has 1 aromatic carbocycles. The lowest BCUT2D eigenvalue weighted by Gasteiger charge is -2.14. The molecule has 23 heavy (non-hydrogen) atoms. The van der Waals surface area contributed by atoms with Crippen molar-refractivity contribution < 1.29 is 14.4 Å². The maximum Gasteiger partial charge on any atom is 0.231 e. The molecule has 2 rings (SSSR count).